The molecule has 0 saturated carbocycles. The lowest BCUT2D eigenvalue weighted by Crippen LogP contribution is -2.37. The molecule has 1 heterocycles. The van der Waals surface area contributed by atoms with Crippen molar-refractivity contribution in [2.24, 2.45) is 0 Å². The summed E-state index contributed by atoms with van der Waals surface area (Å²) in [5, 5.41) is 4.24. The molecule has 0 radical (unpaired) electrons. The topological polar surface area (TPSA) is 21.3 Å². The standard InChI is InChI=1S/C13H18ClNO/c14-12-5-3-4-11(8-12)9-16-10-13-6-1-2-7-15-13/h3-5,8,13,15H,1-2,6-7,9-10H2/t13-/m1/s1. The third-order valence-corrected chi connectivity index (χ3v) is 3.12. The molecule has 1 atom stereocenters. The van der Waals surface area contributed by atoms with Gasteiger partial charge in [-0.2, -0.15) is 0 Å². The highest BCUT2D eigenvalue weighted by Crippen LogP contribution is 2.12. The molecule has 0 bridgehead atoms. The summed E-state index contributed by atoms with van der Waals surface area (Å²) in [5.74, 6) is 0. The van der Waals surface area contributed by atoms with Crippen molar-refractivity contribution < 1.29 is 4.74 Å². The number of halogens is 1. The first kappa shape index (κ1) is 11.9. The molecular formula is C13H18ClNO. The van der Waals surface area contributed by atoms with Crippen LogP contribution in [0.2, 0.25) is 5.02 Å². The first-order chi connectivity index (χ1) is 7.84. The Hall–Kier alpha value is -0.570. The highest BCUT2D eigenvalue weighted by Gasteiger charge is 2.11. The van der Waals surface area contributed by atoms with Crippen molar-refractivity contribution in [3.8, 4) is 0 Å². The average molecular weight is 240 g/mol. The van der Waals surface area contributed by atoms with Crippen molar-refractivity contribution in [2.45, 2.75) is 31.9 Å². The molecule has 1 saturated heterocycles. The quantitative estimate of drug-likeness (QED) is 0.872. The molecule has 1 aromatic rings. The minimum absolute atomic E-state index is 0.535. The molecule has 1 aromatic carbocycles. The zero-order valence-electron chi connectivity index (χ0n) is 9.42. The van der Waals surface area contributed by atoms with E-state index < -0.39 is 0 Å². The summed E-state index contributed by atoms with van der Waals surface area (Å²) in [4.78, 5) is 0. The number of rotatable bonds is 4. The fraction of sp³-hybridized carbons (Fsp3) is 0.538. The van der Waals surface area contributed by atoms with Gasteiger partial charge in [-0.25, -0.2) is 0 Å². The second-order valence-electron chi connectivity index (χ2n) is 4.29. The molecule has 3 heteroatoms. The van der Waals surface area contributed by atoms with E-state index in [-0.39, 0.29) is 0 Å². The Morgan fingerprint density at radius 2 is 2.31 bits per heavy atom. The molecule has 1 fully saturated rings. The summed E-state index contributed by atoms with van der Waals surface area (Å²) in [6.45, 7) is 2.58. The van der Waals surface area contributed by atoms with Crippen LogP contribution >= 0.6 is 11.6 Å². The lowest BCUT2D eigenvalue weighted by molar-refractivity contribution is 0.0911. The van der Waals surface area contributed by atoms with Crippen molar-refractivity contribution in [2.75, 3.05) is 13.2 Å². The van der Waals surface area contributed by atoms with Gasteiger partial charge in [0, 0.05) is 11.1 Å². The van der Waals surface area contributed by atoms with Gasteiger partial charge in [-0.05, 0) is 37.1 Å². The van der Waals surface area contributed by atoms with Crippen LogP contribution in [0.3, 0.4) is 0 Å². The summed E-state index contributed by atoms with van der Waals surface area (Å²) in [6, 6.07) is 8.37. The van der Waals surface area contributed by atoms with Crippen LogP contribution in [0.1, 0.15) is 24.8 Å². The van der Waals surface area contributed by atoms with E-state index in [4.69, 9.17) is 16.3 Å². The van der Waals surface area contributed by atoms with Gasteiger partial charge in [0.05, 0.1) is 13.2 Å². The van der Waals surface area contributed by atoms with Crippen molar-refractivity contribution in [3.05, 3.63) is 34.9 Å². The van der Waals surface area contributed by atoms with Crippen LogP contribution in [0, 0.1) is 0 Å². The monoisotopic (exact) mass is 239 g/mol. The Labute approximate surface area is 102 Å². The first-order valence-corrected chi connectivity index (χ1v) is 6.28. The smallest absolute Gasteiger partial charge is 0.0718 e. The van der Waals surface area contributed by atoms with E-state index in [1.165, 1.54) is 19.3 Å². The molecule has 0 spiro atoms. The van der Waals surface area contributed by atoms with E-state index in [9.17, 15) is 0 Å². The summed E-state index contributed by atoms with van der Waals surface area (Å²) in [5.41, 5.74) is 1.14. The Bertz CT molecular complexity index is 323. The average Bonchev–Trinajstić information content (AvgIpc) is 2.30. The van der Waals surface area contributed by atoms with E-state index in [0.717, 1.165) is 23.7 Å². The molecule has 2 nitrogen and oxygen atoms in total. The van der Waals surface area contributed by atoms with Crippen LogP contribution in [0.5, 0.6) is 0 Å². The van der Waals surface area contributed by atoms with E-state index >= 15 is 0 Å². The molecule has 1 aliphatic heterocycles. The molecule has 1 aliphatic rings. The third kappa shape index (κ3) is 3.78. The molecular weight excluding hydrogens is 222 g/mol. The van der Waals surface area contributed by atoms with E-state index in [2.05, 4.69) is 5.32 Å². The number of piperidine rings is 1. The third-order valence-electron chi connectivity index (χ3n) is 2.89. The van der Waals surface area contributed by atoms with Crippen molar-refractivity contribution >= 4 is 11.6 Å². The van der Waals surface area contributed by atoms with Gasteiger partial charge in [-0.1, -0.05) is 30.2 Å². The molecule has 16 heavy (non-hydrogen) atoms. The van der Waals surface area contributed by atoms with Crippen LogP contribution in [-0.2, 0) is 11.3 Å². The minimum atomic E-state index is 0.535. The summed E-state index contributed by atoms with van der Waals surface area (Å²) >= 11 is 5.90. The second-order valence-corrected chi connectivity index (χ2v) is 4.73. The highest BCUT2D eigenvalue weighted by atomic mass is 35.5. The fourth-order valence-electron chi connectivity index (χ4n) is 2.01. The van der Waals surface area contributed by atoms with Crippen LogP contribution in [0.15, 0.2) is 24.3 Å². The van der Waals surface area contributed by atoms with Gasteiger partial charge in [0.2, 0.25) is 0 Å². The van der Waals surface area contributed by atoms with Crippen LogP contribution in [0.4, 0.5) is 0 Å². The maximum atomic E-state index is 5.90. The molecule has 1 N–H and O–H groups in total. The van der Waals surface area contributed by atoms with Gasteiger partial charge in [0.1, 0.15) is 0 Å². The number of hydrogen-bond acceptors (Lipinski definition) is 2. The molecule has 88 valence electrons. The fourth-order valence-corrected chi connectivity index (χ4v) is 2.22. The van der Waals surface area contributed by atoms with Gasteiger partial charge in [-0.3, -0.25) is 0 Å². The van der Waals surface area contributed by atoms with Gasteiger partial charge in [-0.15, -0.1) is 0 Å². The van der Waals surface area contributed by atoms with Gasteiger partial charge < -0.3 is 10.1 Å². The largest absolute Gasteiger partial charge is 0.375 e. The lowest BCUT2D eigenvalue weighted by atomic mass is 10.1. The van der Waals surface area contributed by atoms with Crippen LogP contribution in [-0.4, -0.2) is 19.2 Å². The van der Waals surface area contributed by atoms with Crippen molar-refractivity contribution in [1.82, 2.24) is 5.32 Å². The summed E-state index contributed by atoms with van der Waals surface area (Å²) in [6.07, 6.45) is 3.85. The summed E-state index contributed by atoms with van der Waals surface area (Å²) < 4.78 is 5.69. The Morgan fingerprint density at radius 3 is 3.06 bits per heavy atom. The maximum Gasteiger partial charge on any atom is 0.0718 e. The first-order valence-electron chi connectivity index (χ1n) is 5.90. The molecule has 0 unspecified atom stereocenters. The molecule has 2 rings (SSSR count). The molecule has 0 aliphatic carbocycles. The van der Waals surface area contributed by atoms with Gasteiger partial charge in [0.25, 0.3) is 0 Å². The summed E-state index contributed by atoms with van der Waals surface area (Å²) in [7, 11) is 0. The second kappa shape index (κ2) is 6.24. The van der Waals surface area contributed by atoms with Crippen molar-refractivity contribution in [1.29, 1.82) is 0 Å². The number of nitrogens with one attached hydrogen (secondary N) is 1. The van der Waals surface area contributed by atoms with E-state index in [1.54, 1.807) is 0 Å². The van der Waals surface area contributed by atoms with Crippen LogP contribution < -0.4 is 5.32 Å². The number of ether oxygens (including phenoxy) is 1. The number of benzene rings is 1. The highest BCUT2D eigenvalue weighted by molar-refractivity contribution is 6.30. The normalized spacial score (nSPS) is 20.9. The SMILES string of the molecule is Clc1cccc(COC[C@H]2CCCCN2)c1. The Kier molecular flexibility index (Phi) is 4.64. The van der Waals surface area contributed by atoms with Crippen molar-refractivity contribution in [3.63, 3.8) is 0 Å². The molecule has 0 amide bonds. The van der Waals surface area contributed by atoms with Gasteiger partial charge >= 0.3 is 0 Å². The minimum Gasteiger partial charge on any atom is -0.375 e. The van der Waals surface area contributed by atoms with E-state index in [1.807, 2.05) is 24.3 Å². The predicted octanol–water partition coefficient (Wildman–Crippen LogP) is 3.00. The zero-order valence-corrected chi connectivity index (χ0v) is 10.2. The van der Waals surface area contributed by atoms with Gasteiger partial charge in [0.15, 0.2) is 0 Å². The molecule has 0 aromatic heterocycles. The van der Waals surface area contributed by atoms with Crippen LogP contribution in [0.25, 0.3) is 0 Å². The number of hydrogen-bond donors (Lipinski definition) is 1. The Morgan fingerprint density at radius 1 is 1.38 bits per heavy atom. The predicted molar refractivity (Wildman–Crippen MR) is 66.7 cm³/mol. The zero-order chi connectivity index (χ0) is 11.2. The lowest BCUT2D eigenvalue weighted by Gasteiger charge is -2.23. The Balaban J connectivity index is 1.71. The maximum absolute atomic E-state index is 5.90. The van der Waals surface area contributed by atoms with E-state index in [0.29, 0.717) is 12.6 Å².